The number of aryl methyl sites for hydroxylation is 2. The molecule has 0 saturated heterocycles. The minimum absolute atomic E-state index is 0.0278. The Balaban J connectivity index is 1.83. The molecule has 1 aliphatic rings. The molecule has 27 heavy (non-hydrogen) atoms. The molecular formula is C23H18IN3. The molecule has 0 radical (unpaired) electrons. The minimum atomic E-state index is 0.0278. The van der Waals surface area contributed by atoms with E-state index in [2.05, 4.69) is 77.2 Å². The van der Waals surface area contributed by atoms with Crippen LogP contribution in [-0.2, 0) is 12.8 Å². The van der Waals surface area contributed by atoms with E-state index in [1.807, 2.05) is 17.0 Å². The molecule has 4 aromatic rings. The van der Waals surface area contributed by atoms with Crippen LogP contribution in [0.1, 0.15) is 11.1 Å². The van der Waals surface area contributed by atoms with E-state index < -0.39 is 0 Å². The molecule has 4 heteroatoms. The lowest BCUT2D eigenvalue weighted by Gasteiger charge is -2.26. The Hall–Kier alpha value is -2.60. The summed E-state index contributed by atoms with van der Waals surface area (Å²) in [5.41, 5.74) is 10.8. The number of anilines is 2. The lowest BCUT2D eigenvalue weighted by Crippen LogP contribution is -2.32. The second-order valence-electron chi connectivity index (χ2n) is 6.92. The predicted octanol–water partition coefficient (Wildman–Crippen LogP) is 5.73. The van der Waals surface area contributed by atoms with Gasteiger partial charge in [0, 0.05) is 14.3 Å². The number of hydrogen-bond acceptors (Lipinski definition) is 1. The highest BCUT2D eigenvalue weighted by Gasteiger charge is 2.22. The maximum absolute atomic E-state index is 8.36. The van der Waals surface area contributed by atoms with Crippen molar-refractivity contribution in [3.63, 3.8) is 0 Å². The standard InChI is InChI=1S/C23H18IN3/c24-19-11-13-20(17-6-2-1-5-16(17)19)27(23(25)26)21-12-10-15-9-8-14-4-3-7-18(21)22(14)15/h1-7,10-13H,8-9H2,(H3,25,26). The third-order valence-corrected chi connectivity index (χ3v) is 6.37. The quantitative estimate of drug-likeness (QED) is 0.227. The molecule has 5 rings (SSSR count). The molecule has 0 fully saturated rings. The monoisotopic (exact) mass is 463 g/mol. The van der Waals surface area contributed by atoms with E-state index >= 15 is 0 Å². The third kappa shape index (κ3) is 2.51. The first-order valence-corrected chi connectivity index (χ1v) is 10.1. The molecule has 1 aliphatic carbocycles. The molecule has 132 valence electrons. The van der Waals surface area contributed by atoms with Gasteiger partial charge in [0.25, 0.3) is 0 Å². The SMILES string of the molecule is N=C(N)N(c1ccc(I)c2ccccc12)c1ccc2c3c(cccc13)CC2. The Bertz CT molecular complexity index is 1220. The summed E-state index contributed by atoms with van der Waals surface area (Å²) in [6.45, 7) is 0. The second-order valence-corrected chi connectivity index (χ2v) is 8.08. The molecular weight excluding hydrogens is 445 g/mol. The van der Waals surface area contributed by atoms with E-state index in [9.17, 15) is 0 Å². The number of benzene rings is 4. The number of nitrogens with one attached hydrogen (secondary N) is 1. The van der Waals surface area contributed by atoms with Gasteiger partial charge in [-0.25, -0.2) is 0 Å². The number of guanidine groups is 1. The molecule has 3 nitrogen and oxygen atoms in total. The Morgan fingerprint density at radius 1 is 0.778 bits per heavy atom. The van der Waals surface area contributed by atoms with Crippen LogP contribution in [0.15, 0.2) is 66.7 Å². The van der Waals surface area contributed by atoms with Gasteiger partial charge < -0.3 is 5.73 Å². The summed E-state index contributed by atoms with van der Waals surface area (Å²) in [6.07, 6.45) is 2.17. The smallest absolute Gasteiger partial charge is 0.197 e. The van der Waals surface area contributed by atoms with Crippen LogP contribution in [0.25, 0.3) is 21.5 Å². The average Bonchev–Trinajstić information content (AvgIpc) is 3.10. The summed E-state index contributed by atoms with van der Waals surface area (Å²) in [7, 11) is 0. The van der Waals surface area contributed by atoms with Crippen LogP contribution in [0.2, 0.25) is 0 Å². The maximum atomic E-state index is 8.36. The van der Waals surface area contributed by atoms with E-state index in [0.717, 1.165) is 29.6 Å². The number of hydrogen-bond donors (Lipinski definition) is 2. The number of fused-ring (bicyclic) bond motifs is 1. The lowest BCUT2D eigenvalue weighted by molar-refractivity contribution is 1.02. The van der Waals surface area contributed by atoms with Crippen LogP contribution < -0.4 is 10.6 Å². The fourth-order valence-corrected chi connectivity index (χ4v) is 4.91. The normalized spacial score (nSPS) is 12.6. The molecule has 0 saturated carbocycles. The van der Waals surface area contributed by atoms with E-state index in [-0.39, 0.29) is 5.96 Å². The Morgan fingerprint density at radius 2 is 1.41 bits per heavy atom. The summed E-state index contributed by atoms with van der Waals surface area (Å²) >= 11 is 2.36. The molecule has 0 amide bonds. The van der Waals surface area contributed by atoms with Crippen LogP contribution in [0.4, 0.5) is 11.4 Å². The van der Waals surface area contributed by atoms with Crippen molar-refractivity contribution >= 4 is 61.5 Å². The molecule has 0 bridgehead atoms. The second kappa shape index (κ2) is 6.23. The van der Waals surface area contributed by atoms with Gasteiger partial charge in [0.15, 0.2) is 5.96 Å². The van der Waals surface area contributed by atoms with E-state index in [4.69, 9.17) is 11.1 Å². The molecule has 0 aromatic heterocycles. The van der Waals surface area contributed by atoms with Crippen molar-refractivity contribution in [2.24, 2.45) is 5.73 Å². The van der Waals surface area contributed by atoms with Crippen LogP contribution in [0.3, 0.4) is 0 Å². The summed E-state index contributed by atoms with van der Waals surface area (Å²) in [4.78, 5) is 1.87. The highest BCUT2D eigenvalue weighted by molar-refractivity contribution is 14.1. The first-order chi connectivity index (χ1) is 13.1. The van der Waals surface area contributed by atoms with E-state index in [1.54, 1.807) is 0 Å². The number of nitrogens with two attached hydrogens (primary N) is 1. The summed E-state index contributed by atoms with van der Waals surface area (Å²) in [5, 5.41) is 13.1. The fourth-order valence-electron chi connectivity index (χ4n) is 4.26. The van der Waals surface area contributed by atoms with Gasteiger partial charge in [-0.2, -0.15) is 0 Å². The molecule has 0 unspecified atom stereocenters. The summed E-state index contributed by atoms with van der Waals surface area (Å²) in [6, 6.07) is 23.2. The van der Waals surface area contributed by atoms with Gasteiger partial charge in [-0.15, -0.1) is 0 Å². The topological polar surface area (TPSA) is 53.1 Å². The fraction of sp³-hybridized carbons (Fsp3) is 0.0870. The summed E-state index contributed by atoms with van der Waals surface area (Å²) in [5.74, 6) is 0.0278. The molecule has 0 spiro atoms. The molecule has 4 aromatic carbocycles. The van der Waals surface area contributed by atoms with E-state index in [1.165, 1.54) is 30.9 Å². The largest absolute Gasteiger partial charge is 0.369 e. The zero-order valence-corrected chi connectivity index (χ0v) is 16.8. The van der Waals surface area contributed by atoms with Gasteiger partial charge in [-0.05, 0) is 75.5 Å². The van der Waals surface area contributed by atoms with Gasteiger partial charge in [-0.1, -0.05) is 48.5 Å². The van der Waals surface area contributed by atoms with Gasteiger partial charge in [0.05, 0.1) is 11.4 Å². The van der Waals surface area contributed by atoms with Crippen molar-refractivity contribution < 1.29 is 0 Å². The highest BCUT2D eigenvalue weighted by atomic mass is 127. The summed E-state index contributed by atoms with van der Waals surface area (Å²) < 4.78 is 1.19. The van der Waals surface area contributed by atoms with Gasteiger partial charge in [-0.3, -0.25) is 10.3 Å². The third-order valence-electron chi connectivity index (χ3n) is 5.42. The van der Waals surface area contributed by atoms with Crippen molar-refractivity contribution in [1.82, 2.24) is 0 Å². The van der Waals surface area contributed by atoms with Gasteiger partial charge in [0.2, 0.25) is 0 Å². The molecule has 0 aliphatic heterocycles. The maximum Gasteiger partial charge on any atom is 0.197 e. The van der Waals surface area contributed by atoms with Crippen molar-refractivity contribution in [2.75, 3.05) is 4.90 Å². The Kier molecular flexibility index (Phi) is 3.82. The average molecular weight is 463 g/mol. The van der Waals surface area contributed by atoms with Crippen LogP contribution in [0.5, 0.6) is 0 Å². The van der Waals surface area contributed by atoms with E-state index in [0.29, 0.717) is 0 Å². The first-order valence-electron chi connectivity index (χ1n) is 9.00. The molecule has 0 atom stereocenters. The van der Waals surface area contributed by atoms with Gasteiger partial charge in [0.1, 0.15) is 0 Å². The van der Waals surface area contributed by atoms with Crippen molar-refractivity contribution in [1.29, 1.82) is 5.41 Å². The van der Waals surface area contributed by atoms with Crippen LogP contribution >= 0.6 is 22.6 Å². The Morgan fingerprint density at radius 3 is 2.19 bits per heavy atom. The molecule has 3 N–H and O–H groups in total. The number of halogens is 1. The van der Waals surface area contributed by atoms with Crippen LogP contribution in [0, 0.1) is 8.98 Å². The zero-order chi connectivity index (χ0) is 18.5. The number of nitrogens with zero attached hydrogens (tertiary/aromatic N) is 1. The Labute approximate surface area is 171 Å². The number of rotatable bonds is 2. The predicted molar refractivity (Wildman–Crippen MR) is 122 cm³/mol. The lowest BCUT2D eigenvalue weighted by atomic mass is 10.0. The minimum Gasteiger partial charge on any atom is -0.369 e. The van der Waals surface area contributed by atoms with Crippen molar-refractivity contribution in [2.45, 2.75) is 12.8 Å². The highest BCUT2D eigenvalue weighted by Crippen LogP contribution is 2.41. The van der Waals surface area contributed by atoms with Crippen molar-refractivity contribution in [3.8, 4) is 0 Å². The van der Waals surface area contributed by atoms with Crippen molar-refractivity contribution in [3.05, 3.63) is 81.4 Å². The molecule has 0 heterocycles. The van der Waals surface area contributed by atoms with Gasteiger partial charge >= 0.3 is 0 Å². The first kappa shape index (κ1) is 16.6. The van der Waals surface area contributed by atoms with Crippen LogP contribution in [-0.4, -0.2) is 5.96 Å². The zero-order valence-electron chi connectivity index (χ0n) is 14.7.